The Labute approximate surface area is 122 Å². The van der Waals surface area contributed by atoms with E-state index in [9.17, 15) is 28.1 Å². The van der Waals surface area contributed by atoms with E-state index in [2.05, 4.69) is 5.10 Å². The van der Waals surface area contributed by atoms with Crippen LogP contribution in [0.4, 0.5) is 24.7 Å². The zero-order valence-electron chi connectivity index (χ0n) is 11.2. The number of nitro groups is 1. The second-order valence-corrected chi connectivity index (χ2v) is 5.26. The van der Waals surface area contributed by atoms with Gasteiger partial charge in [-0.05, 0) is 12.8 Å². The number of alkyl halides is 3. The Kier molecular flexibility index (Phi) is 3.22. The molecule has 11 heteroatoms. The van der Waals surface area contributed by atoms with E-state index in [1.807, 2.05) is 5.32 Å². The molecule has 0 aromatic carbocycles. The molecule has 2 heterocycles. The van der Waals surface area contributed by atoms with E-state index >= 15 is 0 Å². The molecule has 0 spiro atoms. The number of nitrogens with one attached hydrogen (secondary N) is 1. The van der Waals surface area contributed by atoms with Crippen molar-refractivity contribution in [2.75, 3.05) is 11.4 Å². The van der Waals surface area contributed by atoms with E-state index < -0.39 is 23.2 Å². The molecule has 2 fully saturated rings. The normalized spacial score (nSPS) is 21.4. The first-order valence-electron chi connectivity index (χ1n) is 6.65. The fourth-order valence-electron chi connectivity index (χ4n) is 2.36. The van der Waals surface area contributed by atoms with Crippen LogP contribution >= 0.6 is 0 Å². The maximum Gasteiger partial charge on any atom is 0.471 e. The SMILES string of the molecule is O=C(N[C@H]1CCN1c1c([N+](=O)[O-])cnn1C1CC1)C(F)(F)F. The van der Waals surface area contributed by atoms with Gasteiger partial charge in [-0.2, -0.15) is 18.3 Å². The van der Waals surface area contributed by atoms with E-state index in [1.165, 1.54) is 9.58 Å². The Morgan fingerprint density at radius 3 is 2.55 bits per heavy atom. The van der Waals surface area contributed by atoms with Crippen LogP contribution in [0.15, 0.2) is 6.20 Å². The van der Waals surface area contributed by atoms with Gasteiger partial charge >= 0.3 is 17.8 Å². The van der Waals surface area contributed by atoms with Crippen molar-refractivity contribution in [3.05, 3.63) is 16.3 Å². The summed E-state index contributed by atoms with van der Waals surface area (Å²) in [6.45, 7) is 0.321. The Hall–Kier alpha value is -2.33. The van der Waals surface area contributed by atoms with Gasteiger partial charge in [-0.1, -0.05) is 0 Å². The minimum absolute atomic E-state index is 0.0308. The molecule has 1 saturated heterocycles. The third kappa shape index (κ3) is 2.46. The number of aromatic nitrogens is 2. The zero-order valence-corrected chi connectivity index (χ0v) is 11.2. The van der Waals surface area contributed by atoms with E-state index in [4.69, 9.17) is 0 Å². The molecule has 22 heavy (non-hydrogen) atoms. The largest absolute Gasteiger partial charge is 0.471 e. The molecular formula is C11H12F3N5O3. The summed E-state index contributed by atoms with van der Waals surface area (Å²) < 4.78 is 38.4. The molecule has 1 aliphatic carbocycles. The average Bonchev–Trinajstić information content (AvgIpc) is 3.14. The molecule has 0 unspecified atom stereocenters. The number of anilines is 1. The van der Waals surface area contributed by atoms with Crippen LogP contribution in [0.3, 0.4) is 0 Å². The molecule has 1 atom stereocenters. The number of carbonyl (C=O) groups is 1. The van der Waals surface area contributed by atoms with Gasteiger partial charge in [0.25, 0.3) is 0 Å². The summed E-state index contributed by atoms with van der Waals surface area (Å²) in [5.41, 5.74) is -0.266. The maximum absolute atomic E-state index is 12.3. The summed E-state index contributed by atoms with van der Waals surface area (Å²) >= 11 is 0. The van der Waals surface area contributed by atoms with Crippen LogP contribution in [0.5, 0.6) is 0 Å². The molecule has 0 bridgehead atoms. The number of amides is 1. The molecule has 1 aliphatic heterocycles. The first-order chi connectivity index (χ1) is 10.3. The van der Waals surface area contributed by atoms with Gasteiger partial charge in [-0.3, -0.25) is 14.9 Å². The Bertz CT molecular complexity index is 625. The number of nitrogens with zero attached hydrogens (tertiary/aromatic N) is 4. The van der Waals surface area contributed by atoms with Crippen molar-refractivity contribution >= 4 is 17.4 Å². The third-order valence-corrected chi connectivity index (χ3v) is 3.69. The lowest BCUT2D eigenvalue weighted by atomic mass is 10.1. The Morgan fingerprint density at radius 2 is 2.09 bits per heavy atom. The molecule has 1 saturated carbocycles. The predicted octanol–water partition coefficient (Wildman–Crippen LogP) is 1.34. The van der Waals surface area contributed by atoms with Gasteiger partial charge in [0, 0.05) is 13.0 Å². The standard InChI is InChI=1S/C11H12F3N5O3/c12-11(13,14)10(20)16-8-3-4-17(8)9-7(19(21)22)5-15-18(9)6-1-2-6/h5-6,8H,1-4H2,(H,16,20)/t8-/m1/s1. The third-order valence-electron chi connectivity index (χ3n) is 3.69. The second kappa shape index (κ2) is 4.85. The van der Waals surface area contributed by atoms with E-state index in [-0.39, 0.29) is 24.0 Å². The van der Waals surface area contributed by atoms with Crippen molar-refractivity contribution in [1.29, 1.82) is 0 Å². The highest BCUT2D eigenvalue weighted by molar-refractivity contribution is 5.82. The summed E-state index contributed by atoms with van der Waals surface area (Å²) in [7, 11) is 0. The van der Waals surface area contributed by atoms with Crippen molar-refractivity contribution in [2.24, 2.45) is 0 Å². The highest BCUT2D eigenvalue weighted by atomic mass is 19.4. The molecule has 8 nitrogen and oxygen atoms in total. The fourth-order valence-corrected chi connectivity index (χ4v) is 2.36. The van der Waals surface area contributed by atoms with Crippen LogP contribution in [0.2, 0.25) is 0 Å². The highest BCUT2D eigenvalue weighted by Crippen LogP contribution is 2.43. The summed E-state index contributed by atoms with van der Waals surface area (Å²) in [6, 6.07) is 0.0308. The summed E-state index contributed by atoms with van der Waals surface area (Å²) in [5.74, 6) is -1.89. The molecule has 3 rings (SSSR count). The minimum atomic E-state index is -4.98. The first kappa shape index (κ1) is 14.6. The van der Waals surface area contributed by atoms with Gasteiger partial charge in [-0.25, -0.2) is 4.68 Å². The van der Waals surface area contributed by atoms with Gasteiger partial charge in [0.05, 0.1) is 11.0 Å². The lowest BCUT2D eigenvalue weighted by molar-refractivity contribution is -0.384. The molecule has 1 N–H and O–H groups in total. The van der Waals surface area contributed by atoms with Crippen molar-refractivity contribution in [2.45, 2.75) is 37.6 Å². The predicted molar refractivity (Wildman–Crippen MR) is 67.1 cm³/mol. The number of rotatable bonds is 4. The van der Waals surface area contributed by atoms with Crippen LogP contribution in [-0.4, -0.2) is 39.5 Å². The average molecular weight is 319 g/mol. The molecular weight excluding hydrogens is 307 g/mol. The molecule has 1 aromatic rings. The number of carbonyl (C=O) groups excluding carboxylic acids is 1. The summed E-state index contributed by atoms with van der Waals surface area (Å²) in [5, 5.41) is 16.9. The van der Waals surface area contributed by atoms with Crippen LogP contribution < -0.4 is 10.2 Å². The summed E-state index contributed by atoms with van der Waals surface area (Å²) in [4.78, 5) is 22.8. The van der Waals surface area contributed by atoms with Crippen molar-refractivity contribution < 1.29 is 22.9 Å². The monoisotopic (exact) mass is 319 g/mol. The minimum Gasteiger partial charge on any atom is -0.330 e. The van der Waals surface area contributed by atoms with Gasteiger partial charge in [-0.15, -0.1) is 0 Å². The molecule has 0 radical (unpaired) electrons. The van der Waals surface area contributed by atoms with Crippen molar-refractivity contribution in [3.63, 3.8) is 0 Å². The lowest BCUT2D eigenvalue weighted by Gasteiger charge is -2.42. The van der Waals surface area contributed by atoms with E-state index in [0.29, 0.717) is 6.54 Å². The molecule has 1 amide bonds. The number of hydrogen-bond donors (Lipinski definition) is 1. The van der Waals surface area contributed by atoms with Crippen LogP contribution in [-0.2, 0) is 4.79 Å². The van der Waals surface area contributed by atoms with Crippen LogP contribution in [0, 0.1) is 10.1 Å². The smallest absolute Gasteiger partial charge is 0.330 e. The van der Waals surface area contributed by atoms with Crippen molar-refractivity contribution in [3.8, 4) is 0 Å². The quantitative estimate of drug-likeness (QED) is 0.668. The number of halogens is 3. The zero-order chi connectivity index (χ0) is 16.1. The fraction of sp³-hybridized carbons (Fsp3) is 0.636. The highest BCUT2D eigenvalue weighted by Gasteiger charge is 2.45. The van der Waals surface area contributed by atoms with Gasteiger partial charge in [0.2, 0.25) is 5.82 Å². The number of hydrogen-bond acceptors (Lipinski definition) is 5. The molecule has 120 valence electrons. The Balaban J connectivity index is 1.83. The van der Waals surface area contributed by atoms with Crippen LogP contribution in [0.1, 0.15) is 25.3 Å². The summed E-state index contributed by atoms with van der Waals surface area (Å²) in [6.07, 6.45) is -2.88. The van der Waals surface area contributed by atoms with E-state index in [0.717, 1.165) is 19.0 Å². The van der Waals surface area contributed by atoms with Crippen molar-refractivity contribution in [1.82, 2.24) is 15.1 Å². The lowest BCUT2D eigenvalue weighted by Crippen LogP contribution is -2.60. The first-order valence-corrected chi connectivity index (χ1v) is 6.65. The second-order valence-electron chi connectivity index (χ2n) is 5.26. The molecule has 2 aliphatic rings. The van der Waals surface area contributed by atoms with Gasteiger partial charge in [0.15, 0.2) is 0 Å². The Morgan fingerprint density at radius 1 is 1.41 bits per heavy atom. The topological polar surface area (TPSA) is 93.3 Å². The van der Waals surface area contributed by atoms with Crippen LogP contribution in [0.25, 0.3) is 0 Å². The van der Waals surface area contributed by atoms with Gasteiger partial charge in [0.1, 0.15) is 12.4 Å². The molecule has 1 aromatic heterocycles. The van der Waals surface area contributed by atoms with E-state index in [1.54, 1.807) is 0 Å². The van der Waals surface area contributed by atoms with Gasteiger partial charge < -0.3 is 10.2 Å². The maximum atomic E-state index is 12.3.